The third-order valence-electron chi connectivity index (χ3n) is 5.80. The second-order valence-electron chi connectivity index (χ2n) is 7.32. The van der Waals surface area contributed by atoms with Crippen LogP contribution in [0.1, 0.15) is 31.7 Å². The van der Waals surface area contributed by atoms with Gasteiger partial charge in [-0.25, -0.2) is 4.83 Å². The van der Waals surface area contributed by atoms with Crippen molar-refractivity contribution in [2.75, 3.05) is 0 Å². The highest BCUT2D eigenvalue weighted by Crippen LogP contribution is 2.50. The number of benzene rings is 1. The average Bonchev–Trinajstić information content (AvgIpc) is 3.03. The van der Waals surface area contributed by atoms with Gasteiger partial charge in [-0.2, -0.15) is 13.5 Å². The number of sulfonamides is 1. The van der Waals surface area contributed by atoms with E-state index in [1.807, 2.05) is 13.0 Å². The summed E-state index contributed by atoms with van der Waals surface area (Å²) in [5, 5.41) is 14.5. The van der Waals surface area contributed by atoms with Crippen LogP contribution in [-0.4, -0.2) is 25.3 Å². The molecule has 2 N–H and O–H groups in total. The number of allylic oxidation sites excluding steroid dienone is 1. The Labute approximate surface area is 149 Å². The molecule has 0 amide bonds. The lowest BCUT2D eigenvalue weighted by atomic mass is 9.87. The van der Waals surface area contributed by atoms with Crippen molar-refractivity contribution >= 4 is 15.7 Å². The molecule has 2 saturated carbocycles. The molecule has 0 heterocycles. The van der Waals surface area contributed by atoms with Crippen LogP contribution in [0.25, 0.3) is 0 Å². The average molecular weight is 362 g/mol. The van der Waals surface area contributed by atoms with Crippen molar-refractivity contribution in [1.29, 1.82) is 0 Å². The first-order valence-corrected chi connectivity index (χ1v) is 10.3. The Hall–Kier alpha value is -1.66. The zero-order chi connectivity index (χ0) is 18.2. The molecule has 2 aliphatic carbocycles. The first kappa shape index (κ1) is 18.1. The van der Waals surface area contributed by atoms with Gasteiger partial charge >= 0.3 is 0 Å². The monoisotopic (exact) mass is 362 g/mol. The van der Waals surface area contributed by atoms with E-state index >= 15 is 0 Å². The van der Waals surface area contributed by atoms with Crippen molar-refractivity contribution in [3.63, 3.8) is 0 Å². The van der Waals surface area contributed by atoms with Crippen LogP contribution in [-0.2, 0) is 10.0 Å². The van der Waals surface area contributed by atoms with Crippen LogP contribution in [0.3, 0.4) is 0 Å². The van der Waals surface area contributed by atoms with E-state index in [-0.39, 0.29) is 22.8 Å². The first-order chi connectivity index (χ1) is 11.8. The molecule has 0 spiro atoms. The number of aliphatic hydroxyl groups excluding tert-OH is 1. The topological polar surface area (TPSA) is 78.8 Å². The molecule has 0 aliphatic heterocycles. The predicted octanol–water partition coefficient (Wildman–Crippen LogP) is 2.86. The molecule has 3 rings (SSSR count). The molecule has 0 bridgehead atoms. The van der Waals surface area contributed by atoms with E-state index in [2.05, 4.69) is 23.4 Å². The molecule has 2 fully saturated rings. The Morgan fingerprint density at radius 3 is 2.64 bits per heavy atom. The van der Waals surface area contributed by atoms with E-state index < -0.39 is 10.0 Å². The maximum atomic E-state index is 12.4. The molecular weight excluding hydrogens is 336 g/mol. The Balaban J connectivity index is 1.75. The molecule has 0 radical (unpaired) electrons. The number of rotatable bonds is 5. The predicted molar refractivity (Wildman–Crippen MR) is 98.6 cm³/mol. The van der Waals surface area contributed by atoms with Crippen LogP contribution in [0.5, 0.6) is 0 Å². The minimum absolute atomic E-state index is 0.176. The standard InChI is InChI=1S/C19H26N2O3S/c1-4-5-15-17-10-18(13(3)16(17)11-19(15)22)20-21-25(23,24)14-8-6-12(2)7-9-14/h4,6-9,13,15-17,19,21-22H,1,5,10-11H2,2-3H3/b20-18+/t13-,15-,16-,17-,19-/m1/s1. The van der Waals surface area contributed by atoms with Gasteiger partial charge in [0.05, 0.1) is 11.0 Å². The van der Waals surface area contributed by atoms with Crippen molar-refractivity contribution in [2.45, 2.75) is 44.1 Å². The van der Waals surface area contributed by atoms with Crippen LogP contribution in [0.15, 0.2) is 46.9 Å². The van der Waals surface area contributed by atoms with E-state index in [9.17, 15) is 13.5 Å². The highest BCUT2D eigenvalue weighted by Gasteiger charge is 2.49. The Morgan fingerprint density at radius 2 is 2.00 bits per heavy atom. The number of aliphatic hydroxyl groups is 1. The molecule has 5 nitrogen and oxygen atoms in total. The van der Waals surface area contributed by atoms with Gasteiger partial charge in [-0.1, -0.05) is 30.7 Å². The van der Waals surface area contributed by atoms with Gasteiger partial charge in [-0.05, 0) is 62.0 Å². The molecule has 0 aromatic heterocycles. The largest absolute Gasteiger partial charge is 0.393 e. The minimum atomic E-state index is -3.65. The summed E-state index contributed by atoms with van der Waals surface area (Å²) < 4.78 is 24.8. The van der Waals surface area contributed by atoms with Crippen LogP contribution >= 0.6 is 0 Å². The number of fused-ring (bicyclic) bond motifs is 1. The molecule has 1 aromatic carbocycles. The van der Waals surface area contributed by atoms with E-state index in [4.69, 9.17) is 0 Å². The smallest absolute Gasteiger partial charge is 0.276 e. The molecule has 136 valence electrons. The van der Waals surface area contributed by atoms with Crippen LogP contribution < -0.4 is 4.83 Å². The molecule has 6 heteroatoms. The van der Waals surface area contributed by atoms with E-state index in [1.165, 1.54) is 0 Å². The Bertz CT molecular complexity index is 770. The second-order valence-corrected chi connectivity index (χ2v) is 8.98. The first-order valence-electron chi connectivity index (χ1n) is 8.77. The molecular formula is C19H26N2O3S. The van der Waals surface area contributed by atoms with Crippen molar-refractivity contribution in [2.24, 2.45) is 28.8 Å². The zero-order valence-corrected chi connectivity index (χ0v) is 15.5. The SMILES string of the molecule is C=CC[C@@H]1[C@H]2C/C(=N\NS(=O)(=O)c3ccc(C)cc3)[C@H](C)[C@H]2C[C@H]1O. The highest BCUT2D eigenvalue weighted by atomic mass is 32.2. The van der Waals surface area contributed by atoms with E-state index in [0.29, 0.717) is 11.8 Å². The van der Waals surface area contributed by atoms with Gasteiger partial charge in [0.25, 0.3) is 10.0 Å². The lowest BCUT2D eigenvalue weighted by Gasteiger charge is -2.18. The zero-order valence-electron chi connectivity index (χ0n) is 14.7. The third-order valence-corrected chi connectivity index (χ3v) is 7.02. The van der Waals surface area contributed by atoms with Crippen LogP contribution in [0, 0.1) is 30.6 Å². The molecule has 2 aliphatic rings. The van der Waals surface area contributed by atoms with Gasteiger partial charge in [-0.3, -0.25) is 0 Å². The fourth-order valence-corrected chi connectivity index (χ4v) is 5.18. The summed E-state index contributed by atoms with van der Waals surface area (Å²) >= 11 is 0. The molecule has 25 heavy (non-hydrogen) atoms. The fraction of sp³-hybridized carbons (Fsp3) is 0.526. The highest BCUT2D eigenvalue weighted by molar-refractivity contribution is 7.89. The number of hydrogen-bond donors (Lipinski definition) is 2. The maximum Gasteiger partial charge on any atom is 0.276 e. The van der Waals surface area contributed by atoms with Crippen molar-refractivity contribution < 1.29 is 13.5 Å². The number of nitrogens with one attached hydrogen (secondary N) is 1. The number of hydrazone groups is 1. The summed E-state index contributed by atoms with van der Waals surface area (Å²) in [6.45, 7) is 7.78. The summed E-state index contributed by atoms with van der Waals surface area (Å²) in [5.74, 6) is 1.09. The number of nitrogens with zero attached hydrogens (tertiary/aromatic N) is 1. The van der Waals surface area contributed by atoms with Gasteiger partial charge in [0.1, 0.15) is 0 Å². The lowest BCUT2D eigenvalue weighted by Crippen LogP contribution is -2.23. The summed E-state index contributed by atoms with van der Waals surface area (Å²) in [4.78, 5) is 2.61. The molecule has 0 unspecified atom stereocenters. The minimum Gasteiger partial charge on any atom is -0.393 e. The fourth-order valence-electron chi connectivity index (χ4n) is 4.34. The van der Waals surface area contributed by atoms with Gasteiger partial charge in [0, 0.05) is 5.71 Å². The quantitative estimate of drug-likeness (QED) is 0.624. The summed E-state index contributed by atoms with van der Waals surface area (Å²) in [7, 11) is -3.65. The number of aryl methyl sites for hydroxylation is 1. The Morgan fingerprint density at radius 1 is 1.32 bits per heavy atom. The second kappa shape index (κ2) is 6.92. The van der Waals surface area contributed by atoms with Crippen molar-refractivity contribution in [3.8, 4) is 0 Å². The van der Waals surface area contributed by atoms with Gasteiger partial charge in [0.2, 0.25) is 0 Å². The lowest BCUT2D eigenvalue weighted by molar-refractivity contribution is 0.119. The van der Waals surface area contributed by atoms with E-state index in [1.54, 1.807) is 24.3 Å². The van der Waals surface area contributed by atoms with Crippen molar-refractivity contribution in [1.82, 2.24) is 4.83 Å². The number of hydrogen-bond acceptors (Lipinski definition) is 4. The summed E-state index contributed by atoms with van der Waals surface area (Å²) in [5.41, 5.74) is 1.89. The molecule has 0 saturated heterocycles. The van der Waals surface area contributed by atoms with Gasteiger partial charge in [0.15, 0.2) is 0 Å². The normalized spacial score (nSPS) is 33.4. The third kappa shape index (κ3) is 3.51. The molecule has 5 atom stereocenters. The summed E-state index contributed by atoms with van der Waals surface area (Å²) in [6.07, 6.45) is 3.85. The Kier molecular flexibility index (Phi) is 5.02. The van der Waals surface area contributed by atoms with Crippen LogP contribution in [0.4, 0.5) is 0 Å². The maximum absolute atomic E-state index is 12.4. The van der Waals surface area contributed by atoms with E-state index in [0.717, 1.165) is 30.5 Å². The van der Waals surface area contributed by atoms with Crippen molar-refractivity contribution in [3.05, 3.63) is 42.5 Å². The van der Waals surface area contributed by atoms with Crippen LogP contribution in [0.2, 0.25) is 0 Å². The van der Waals surface area contributed by atoms with Gasteiger partial charge < -0.3 is 5.11 Å². The molecule has 1 aromatic rings. The summed E-state index contributed by atoms with van der Waals surface area (Å²) in [6, 6.07) is 6.71. The van der Waals surface area contributed by atoms with Gasteiger partial charge in [-0.15, -0.1) is 6.58 Å².